The number of hydrogen-bond acceptors (Lipinski definition) is 4. The minimum atomic E-state index is -1.38. The summed E-state index contributed by atoms with van der Waals surface area (Å²) >= 11 is 6.01. The standard InChI is InChI=1S/C19H20ClN5O4/c20-12-4-3-11-7-23(15(26)14(11)6-12)9-19(16(27)21-17(28)22-19)10-24-8-13-2-1-5-25(13)18(24)29/h3-4,6,13H,1-2,5,7-10H2,(H2,21,22,27,28)/t13-,19?/m0/s1. The molecule has 4 heterocycles. The molecule has 9 nitrogen and oxygen atoms in total. The van der Waals surface area contributed by atoms with Crippen molar-refractivity contribution in [2.75, 3.05) is 26.2 Å². The van der Waals surface area contributed by atoms with E-state index in [0.29, 0.717) is 30.2 Å². The highest BCUT2D eigenvalue weighted by Gasteiger charge is 2.53. The van der Waals surface area contributed by atoms with Crippen molar-refractivity contribution in [3.8, 4) is 0 Å². The fraction of sp³-hybridized carbons (Fsp3) is 0.474. The molecule has 5 rings (SSSR count). The van der Waals surface area contributed by atoms with E-state index in [-0.39, 0.29) is 31.1 Å². The van der Waals surface area contributed by atoms with E-state index in [1.807, 2.05) is 4.90 Å². The Kier molecular flexibility index (Phi) is 3.99. The number of rotatable bonds is 4. The van der Waals surface area contributed by atoms with Crippen molar-refractivity contribution in [3.05, 3.63) is 34.3 Å². The molecule has 0 bridgehead atoms. The summed E-state index contributed by atoms with van der Waals surface area (Å²) in [6, 6.07) is 4.52. The Bertz CT molecular complexity index is 953. The minimum Gasteiger partial charge on any atom is -0.331 e. The molecular formula is C19H20ClN5O4. The van der Waals surface area contributed by atoms with Gasteiger partial charge in [0, 0.05) is 30.2 Å². The molecule has 1 unspecified atom stereocenters. The van der Waals surface area contributed by atoms with Gasteiger partial charge in [0.05, 0.1) is 19.1 Å². The van der Waals surface area contributed by atoms with Crippen LogP contribution < -0.4 is 10.6 Å². The molecule has 3 saturated heterocycles. The third-order valence-corrected chi connectivity index (χ3v) is 6.45. The summed E-state index contributed by atoms with van der Waals surface area (Å²) in [5, 5.41) is 5.41. The van der Waals surface area contributed by atoms with Gasteiger partial charge in [-0.05, 0) is 30.5 Å². The van der Waals surface area contributed by atoms with Gasteiger partial charge in [0.1, 0.15) is 0 Å². The number of nitrogens with one attached hydrogen (secondary N) is 2. The summed E-state index contributed by atoms with van der Waals surface area (Å²) in [5.74, 6) is -0.770. The van der Waals surface area contributed by atoms with Gasteiger partial charge in [-0.2, -0.15) is 0 Å². The fourth-order valence-electron chi connectivity index (χ4n) is 4.84. The Balaban J connectivity index is 1.40. The fourth-order valence-corrected chi connectivity index (χ4v) is 5.01. The molecule has 0 aliphatic carbocycles. The second-order valence-electron chi connectivity index (χ2n) is 8.11. The molecule has 29 heavy (non-hydrogen) atoms. The summed E-state index contributed by atoms with van der Waals surface area (Å²) < 4.78 is 0. The first-order chi connectivity index (χ1) is 13.9. The first-order valence-corrected chi connectivity index (χ1v) is 10.0. The van der Waals surface area contributed by atoms with E-state index in [4.69, 9.17) is 11.6 Å². The average molecular weight is 418 g/mol. The maximum Gasteiger partial charge on any atom is 0.322 e. The summed E-state index contributed by atoms with van der Waals surface area (Å²) in [4.78, 5) is 55.3. The second kappa shape index (κ2) is 6.35. The zero-order chi connectivity index (χ0) is 20.3. The summed E-state index contributed by atoms with van der Waals surface area (Å²) in [5.41, 5.74) is -0.0685. The summed E-state index contributed by atoms with van der Waals surface area (Å²) in [6.45, 7) is 1.56. The van der Waals surface area contributed by atoms with Crippen molar-refractivity contribution in [1.29, 1.82) is 0 Å². The molecule has 0 aromatic heterocycles. The number of fused-ring (bicyclic) bond motifs is 2. The number of halogens is 1. The van der Waals surface area contributed by atoms with Crippen LogP contribution in [0.3, 0.4) is 0 Å². The minimum absolute atomic E-state index is 0.0237. The molecular weight excluding hydrogens is 398 g/mol. The number of imide groups is 1. The van der Waals surface area contributed by atoms with Crippen LogP contribution in [0, 0.1) is 0 Å². The zero-order valence-corrected chi connectivity index (χ0v) is 16.4. The molecule has 6 amide bonds. The normalized spacial score (nSPS) is 28.2. The summed E-state index contributed by atoms with van der Waals surface area (Å²) in [7, 11) is 0. The van der Waals surface area contributed by atoms with Gasteiger partial charge in [-0.15, -0.1) is 0 Å². The Hall–Kier alpha value is -2.81. The molecule has 4 aliphatic rings. The van der Waals surface area contributed by atoms with E-state index >= 15 is 0 Å². The zero-order valence-electron chi connectivity index (χ0n) is 15.6. The number of benzene rings is 1. The molecule has 0 saturated carbocycles. The maximum absolute atomic E-state index is 12.9. The molecule has 152 valence electrons. The van der Waals surface area contributed by atoms with Crippen molar-refractivity contribution in [1.82, 2.24) is 25.3 Å². The van der Waals surface area contributed by atoms with Crippen molar-refractivity contribution in [3.63, 3.8) is 0 Å². The molecule has 0 spiro atoms. The van der Waals surface area contributed by atoms with Crippen LogP contribution in [-0.4, -0.2) is 76.3 Å². The quantitative estimate of drug-likeness (QED) is 0.706. The van der Waals surface area contributed by atoms with Crippen LogP contribution in [0.4, 0.5) is 9.59 Å². The highest BCUT2D eigenvalue weighted by atomic mass is 35.5. The lowest BCUT2D eigenvalue weighted by Gasteiger charge is -2.34. The molecule has 3 fully saturated rings. The van der Waals surface area contributed by atoms with Gasteiger partial charge in [-0.25, -0.2) is 9.59 Å². The van der Waals surface area contributed by atoms with Crippen LogP contribution in [0.2, 0.25) is 5.02 Å². The third kappa shape index (κ3) is 2.83. The van der Waals surface area contributed by atoms with E-state index in [2.05, 4.69) is 10.6 Å². The molecule has 1 aromatic rings. The van der Waals surface area contributed by atoms with Crippen LogP contribution in [-0.2, 0) is 11.3 Å². The first-order valence-electron chi connectivity index (χ1n) is 9.63. The van der Waals surface area contributed by atoms with E-state index in [1.165, 1.54) is 4.90 Å². The van der Waals surface area contributed by atoms with Gasteiger partial charge in [0.15, 0.2) is 5.54 Å². The smallest absolute Gasteiger partial charge is 0.322 e. The molecule has 1 aromatic carbocycles. The van der Waals surface area contributed by atoms with E-state index in [0.717, 1.165) is 18.4 Å². The van der Waals surface area contributed by atoms with E-state index in [9.17, 15) is 19.2 Å². The lowest BCUT2D eigenvalue weighted by atomic mass is 9.98. The Morgan fingerprint density at radius 1 is 1.14 bits per heavy atom. The average Bonchev–Trinajstić information content (AvgIpc) is 3.38. The second-order valence-corrected chi connectivity index (χ2v) is 8.54. The van der Waals surface area contributed by atoms with Gasteiger partial charge < -0.3 is 20.0 Å². The maximum atomic E-state index is 12.9. The van der Waals surface area contributed by atoms with Gasteiger partial charge >= 0.3 is 12.1 Å². The Labute approximate surface area is 171 Å². The highest BCUT2D eigenvalue weighted by molar-refractivity contribution is 6.31. The molecule has 4 aliphatic heterocycles. The predicted molar refractivity (Wildman–Crippen MR) is 102 cm³/mol. The van der Waals surface area contributed by atoms with Crippen molar-refractivity contribution >= 4 is 35.5 Å². The van der Waals surface area contributed by atoms with Crippen LogP contribution >= 0.6 is 11.6 Å². The van der Waals surface area contributed by atoms with Crippen molar-refractivity contribution in [2.24, 2.45) is 0 Å². The third-order valence-electron chi connectivity index (χ3n) is 6.21. The lowest BCUT2D eigenvalue weighted by Crippen LogP contribution is -2.61. The number of hydrogen-bond donors (Lipinski definition) is 2. The largest absolute Gasteiger partial charge is 0.331 e. The molecule has 0 radical (unpaired) electrons. The molecule has 2 atom stereocenters. The number of nitrogens with zero attached hydrogens (tertiary/aromatic N) is 3. The number of carbonyl (C=O) groups excluding carboxylic acids is 4. The van der Waals surface area contributed by atoms with Crippen molar-refractivity contribution < 1.29 is 19.2 Å². The lowest BCUT2D eigenvalue weighted by molar-refractivity contribution is -0.124. The van der Waals surface area contributed by atoms with Crippen LogP contribution in [0.5, 0.6) is 0 Å². The van der Waals surface area contributed by atoms with E-state index in [1.54, 1.807) is 23.1 Å². The van der Waals surface area contributed by atoms with Gasteiger partial charge in [-0.3, -0.25) is 14.9 Å². The van der Waals surface area contributed by atoms with Gasteiger partial charge in [0.2, 0.25) is 0 Å². The van der Waals surface area contributed by atoms with E-state index < -0.39 is 17.5 Å². The monoisotopic (exact) mass is 417 g/mol. The van der Waals surface area contributed by atoms with Crippen LogP contribution in [0.1, 0.15) is 28.8 Å². The highest BCUT2D eigenvalue weighted by Crippen LogP contribution is 2.31. The predicted octanol–water partition coefficient (Wildman–Crippen LogP) is 0.774. The first kappa shape index (κ1) is 18.2. The Morgan fingerprint density at radius 3 is 2.66 bits per heavy atom. The van der Waals surface area contributed by atoms with Gasteiger partial charge in [0.25, 0.3) is 11.8 Å². The Morgan fingerprint density at radius 2 is 1.93 bits per heavy atom. The SMILES string of the molecule is O=C1NC(=O)C(CN2Cc3ccc(Cl)cc3C2=O)(CN2C[C@@H]3CCCN3C2=O)N1. The molecule has 2 N–H and O–H groups in total. The number of amides is 6. The van der Waals surface area contributed by atoms with Crippen LogP contribution in [0.25, 0.3) is 0 Å². The van der Waals surface area contributed by atoms with Gasteiger partial charge in [-0.1, -0.05) is 17.7 Å². The molecule has 10 heteroatoms. The van der Waals surface area contributed by atoms with Crippen LogP contribution in [0.15, 0.2) is 18.2 Å². The van der Waals surface area contributed by atoms with Crippen molar-refractivity contribution in [2.45, 2.75) is 31.0 Å². The number of carbonyl (C=O) groups is 4. The topological polar surface area (TPSA) is 102 Å². The number of urea groups is 2. The summed E-state index contributed by atoms with van der Waals surface area (Å²) in [6.07, 6.45) is 1.92.